The van der Waals surface area contributed by atoms with Gasteiger partial charge in [-0.15, -0.1) is 0 Å². The van der Waals surface area contributed by atoms with E-state index in [9.17, 15) is 18.0 Å². The maximum absolute atomic E-state index is 13.8. The van der Waals surface area contributed by atoms with Crippen molar-refractivity contribution in [2.75, 3.05) is 37.1 Å². The van der Waals surface area contributed by atoms with E-state index in [-0.39, 0.29) is 30.7 Å². The van der Waals surface area contributed by atoms with Gasteiger partial charge in [0, 0.05) is 19.2 Å². The third-order valence-corrected chi connectivity index (χ3v) is 7.79. The first kappa shape index (κ1) is 28.1. The SMILES string of the molecule is CCCNC(=O)[C@H](CC)N(Cc1cccc(OC)c1)C(=O)CN(c1ccc2c(c1)OCO2)S(=O)(=O)CC. The van der Waals surface area contributed by atoms with Gasteiger partial charge in [-0.25, -0.2) is 8.42 Å². The monoisotopic (exact) mass is 533 g/mol. The van der Waals surface area contributed by atoms with E-state index < -0.39 is 28.5 Å². The zero-order valence-corrected chi connectivity index (χ0v) is 22.5. The Balaban J connectivity index is 1.97. The number of fused-ring (bicyclic) bond motifs is 1. The molecule has 11 heteroatoms. The summed E-state index contributed by atoms with van der Waals surface area (Å²) >= 11 is 0. The van der Waals surface area contributed by atoms with E-state index in [1.54, 1.807) is 43.5 Å². The van der Waals surface area contributed by atoms with Gasteiger partial charge in [0.1, 0.15) is 18.3 Å². The van der Waals surface area contributed by atoms with E-state index in [1.807, 2.05) is 19.9 Å². The van der Waals surface area contributed by atoms with Crippen molar-refractivity contribution in [2.24, 2.45) is 0 Å². The van der Waals surface area contributed by atoms with Gasteiger partial charge in [0.15, 0.2) is 11.5 Å². The fourth-order valence-electron chi connectivity index (χ4n) is 4.01. The van der Waals surface area contributed by atoms with Crippen LogP contribution in [0.1, 0.15) is 39.2 Å². The van der Waals surface area contributed by atoms with Gasteiger partial charge in [0.25, 0.3) is 0 Å². The van der Waals surface area contributed by atoms with Crippen molar-refractivity contribution in [1.82, 2.24) is 10.2 Å². The summed E-state index contributed by atoms with van der Waals surface area (Å²) in [5.74, 6) is 0.523. The van der Waals surface area contributed by atoms with Crippen LogP contribution in [0.2, 0.25) is 0 Å². The van der Waals surface area contributed by atoms with Gasteiger partial charge in [-0.1, -0.05) is 26.0 Å². The minimum Gasteiger partial charge on any atom is -0.497 e. The first-order valence-corrected chi connectivity index (χ1v) is 13.9. The Morgan fingerprint density at radius 2 is 1.84 bits per heavy atom. The van der Waals surface area contributed by atoms with Crippen LogP contribution in [0, 0.1) is 0 Å². The molecule has 1 aliphatic rings. The number of sulfonamides is 1. The molecule has 0 aliphatic carbocycles. The summed E-state index contributed by atoms with van der Waals surface area (Å²) in [6.07, 6.45) is 1.11. The fraction of sp³-hybridized carbons (Fsp3) is 0.462. The highest BCUT2D eigenvalue weighted by Crippen LogP contribution is 2.36. The van der Waals surface area contributed by atoms with E-state index in [1.165, 1.54) is 11.8 Å². The molecule has 0 bridgehead atoms. The lowest BCUT2D eigenvalue weighted by molar-refractivity contribution is -0.140. The Labute approximate surface area is 218 Å². The first-order chi connectivity index (χ1) is 17.7. The summed E-state index contributed by atoms with van der Waals surface area (Å²) in [4.78, 5) is 28.3. The van der Waals surface area contributed by atoms with E-state index in [0.717, 1.165) is 16.3 Å². The smallest absolute Gasteiger partial charge is 0.244 e. The Hall–Kier alpha value is -3.47. The number of anilines is 1. The van der Waals surface area contributed by atoms with Crippen molar-refractivity contribution >= 4 is 27.5 Å². The largest absolute Gasteiger partial charge is 0.497 e. The maximum atomic E-state index is 13.8. The van der Waals surface area contributed by atoms with Crippen LogP contribution in [-0.2, 0) is 26.2 Å². The molecule has 2 aromatic rings. The van der Waals surface area contributed by atoms with Gasteiger partial charge >= 0.3 is 0 Å². The van der Waals surface area contributed by atoms with Gasteiger partial charge < -0.3 is 24.4 Å². The molecular weight excluding hydrogens is 498 g/mol. The molecule has 1 heterocycles. The molecule has 0 saturated carbocycles. The molecular formula is C26H35N3O7S. The number of rotatable bonds is 13. The number of nitrogens with one attached hydrogen (secondary N) is 1. The number of hydrogen-bond donors (Lipinski definition) is 1. The predicted octanol–water partition coefficient (Wildman–Crippen LogP) is 2.91. The van der Waals surface area contributed by atoms with Crippen molar-refractivity contribution < 1.29 is 32.2 Å². The molecule has 0 aromatic heterocycles. The number of ether oxygens (including phenoxy) is 3. The zero-order valence-electron chi connectivity index (χ0n) is 21.7. The molecule has 1 atom stereocenters. The molecule has 0 fully saturated rings. The number of nitrogens with zero attached hydrogens (tertiary/aromatic N) is 2. The van der Waals surface area contributed by atoms with Crippen LogP contribution in [0.3, 0.4) is 0 Å². The third kappa shape index (κ3) is 6.85. The highest BCUT2D eigenvalue weighted by atomic mass is 32.2. The zero-order chi connectivity index (χ0) is 27.0. The first-order valence-electron chi connectivity index (χ1n) is 12.3. The van der Waals surface area contributed by atoms with Crippen LogP contribution in [0.4, 0.5) is 5.69 Å². The molecule has 0 radical (unpaired) electrons. The second-order valence-electron chi connectivity index (χ2n) is 8.53. The number of methoxy groups -OCH3 is 1. The second kappa shape index (κ2) is 12.7. The molecule has 0 unspecified atom stereocenters. The fourth-order valence-corrected chi connectivity index (χ4v) is 5.07. The lowest BCUT2D eigenvalue weighted by Gasteiger charge is -2.33. The van der Waals surface area contributed by atoms with Crippen molar-refractivity contribution in [1.29, 1.82) is 0 Å². The lowest BCUT2D eigenvalue weighted by atomic mass is 10.1. The molecule has 1 N–H and O–H groups in total. The lowest BCUT2D eigenvalue weighted by Crippen LogP contribution is -2.52. The van der Waals surface area contributed by atoms with Gasteiger partial charge in [0.2, 0.25) is 28.6 Å². The molecule has 202 valence electrons. The number of carbonyl (C=O) groups excluding carboxylic acids is 2. The average Bonchev–Trinajstić information content (AvgIpc) is 3.38. The summed E-state index contributed by atoms with van der Waals surface area (Å²) in [7, 11) is -2.29. The quantitative estimate of drug-likeness (QED) is 0.421. The Bertz CT molecular complexity index is 1200. The minimum absolute atomic E-state index is 0.0393. The Morgan fingerprint density at radius 1 is 1.08 bits per heavy atom. The highest BCUT2D eigenvalue weighted by molar-refractivity contribution is 7.92. The van der Waals surface area contributed by atoms with E-state index in [2.05, 4.69) is 5.32 Å². The van der Waals surface area contributed by atoms with Crippen molar-refractivity contribution in [2.45, 2.75) is 46.2 Å². The van der Waals surface area contributed by atoms with Gasteiger partial charge in [-0.3, -0.25) is 13.9 Å². The van der Waals surface area contributed by atoms with Crippen LogP contribution in [-0.4, -0.2) is 63.9 Å². The topological polar surface area (TPSA) is 114 Å². The summed E-state index contributed by atoms with van der Waals surface area (Å²) in [6.45, 7) is 5.43. The predicted molar refractivity (Wildman–Crippen MR) is 140 cm³/mol. The number of hydrogen-bond acceptors (Lipinski definition) is 7. The molecule has 37 heavy (non-hydrogen) atoms. The summed E-state index contributed by atoms with van der Waals surface area (Å²) in [5.41, 5.74) is 1.03. The van der Waals surface area contributed by atoms with Gasteiger partial charge in [0.05, 0.1) is 18.6 Å². The summed E-state index contributed by atoms with van der Waals surface area (Å²) in [5, 5.41) is 2.86. The van der Waals surface area contributed by atoms with Crippen LogP contribution in [0.25, 0.3) is 0 Å². The van der Waals surface area contributed by atoms with Crippen molar-refractivity contribution in [3.63, 3.8) is 0 Å². The highest BCUT2D eigenvalue weighted by Gasteiger charge is 2.33. The molecule has 0 saturated heterocycles. The van der Waals surface area contributed by atoms with Gasteiger partial charge in [-0.05, 0) is 49.6 Å². The summed E-state index contributed by atoms with van der Waals surface area (Å²) in [6, 6.07) is 11.2. The molecule has 2 aromatic carbocycles. The van der Waals surface area contributed by atoms with Crippen LogP contribution >= 0.6 is 0 Å². The van der Waals surface area contributed by atoms with Crippen LogP contribution in [0.15, 0.2) is 42.5 Å². The molecule has 10 nitrogen and oxygen atoms in total. The normalized spacial score (nSPS) is 13.1. The van der Waals surface area contributed by atoms with Gasteiger partial charge in [-0.2, -0.15) is 0 Å². The van der Waals surface area contributed by atoms with E-state index >= 15 is 0 Å². The number of carbonyl (C=O) groups is 2. The molecule has 0 spiro atoms. The van der Waals surface area contributed by atoms with Crippen molar-refractivity contribution in [3.05, 3.63) is 48.0 Å². The Kier molecular flexibility index (Phi) is 9.62. The maximum Gasteiger partial charge on any atom is 0.244 e. The average molecular weight is 534 g/mol. The molecule has 3 rings (SSSR count). The van der Waals surface area contributed by atoms with Crippen LogP contribution in [0.5, 0.6) is 17.2 Å². The summed E-state index contributed by atoms with van der Waals surface area (Å²) < 4.78 is 43.3. The van der Waals surface area contributed by atoms with E-state index in [0.29, 0.717) is 30.2 Å². The second-order valence-corrected chi connectivity index (χ2v) is 10.7. The van der Waals surface area contributed by atoms with Crippen LogP contribution < -0.4 is 23.8 Å². The standard InChI is InChI=1S/C26H35N3O7S/c1-5-13-27-26(31)22(6-2)28(16-19-9-8-10-21(14-19)34-4)25(30)17-29(37(32,33)7-3)20-11-12-23-24(15-20)36-18-35-23/h8-12,14-15,22H,5-7,13,16-18H2,1-4H3,(H,27,31)/t22-/m0/s1. The number of amides is 2. The van der Waals surface area contributed by atoms with E-state index in [4.69, 9.17) is 14.2 Å². The van der Waals surface area contributed by atoms with Crippen molar-refractivity contribution in [3.8, 4) is 17.2 Å². The molecule has 2 amide bonds. The number of benzene rings is 2. The third-order valence-electron chi connectivity index (χ3n) is 6.05. The minimum atomic E-state index is -3.84. The Morgan fingerprint density at radius 3 is 2.51 bits per heavy atom. The molecule has 1 aliphatic heterocycles.